The first-order chi connectivity index (χ1) is 8.49. The molecule has 0 spiro atoms. The van der Waals surface area contributed by atoms with Crippen LogP contribution in [0.1, 0.15) is 25.8 Å². The molecule has 0 aromatic heterocycles. The Bertz CT molecular complexity index is 418. The van der Waals surface area contributed by atoms with Crippen molar-refractivity contribution in [2.75, 3.05) is 12.4 Å². The van der Waals surface area contributed by atoms with E-state index >= 15 is 0 Å². The molecule has 0 saturated carbocycles. The highest BCUT2D eigenvalue weighted by molar-refractivity contribution is 5.95. The molecular weight excluding hydrogens is 228 g/mol. The molecule has 3 N–H and O–H groups in total. The number of carbonyl (C=O) groups is 1. The van der Waals surface area contributed by atoms with Gasteiger partial charge in [0.1, 0.15) is 5.75 Å². The Labute approximate surface area is 109 Å². The summed E-state index contributed by atoms with van der Waals surface area (Å²) in [6, 6.07) is 5.08. The van der Waals surface area contributed by atoms with Crippen LogP contribution in [0.4, 0.5) is 5.69 Å². The van der Waals surface area contributed by atoms with Crippen molar-refractivity contribution in [1.82, 2.24) is 0 Å². The number of rotatable bonds is 5. The van der Waals surface area contributed by atoms with Gasteiger partial charge in [-0.3, -0.25) is 4.79 Å². The summed E-state index contributed by atoms with van der Waals surface area (Å²) in [7, 11) is 1.60. The van der Waals surface area contributed by atoms with E-state index in [-0.39, 0.29) is 11.8 Å². The molecule has 18 heavy (non-hydrogen) atoms. The Balaban J connectivity index is 2.81. The summed E-state index contributed by atoms with van der Waals surface area (Å²) in [5, 5.41) is 2.86. The molecule has 0 saturated heterocycles. The van der Waals surface area contributed by atoms with Gasteiger partial charge in [0, 0.05) is 11.8 Å². The molecule has 0 bridgehead atoms. The number of nitrogens with one attached hydrogen (secondary N) is 1. The highest BCUT2D eigenvalue weighted by Gasteiger charge is 2.19. The summed E-state index contributed by atoms with van der Waals surface area (Å²) in [5.41, 5.74) is 7.63. The van der Waals surface area contributed by atoms with Crippen LogP contribution in [0.15, 0.2) is 18.2 Å². The summed E-state index contributed by atoms with van der Waals surface area (Å²) in [6.07, 6.45) is 0.881. The monoisotopic (exact) mass is 250 g/mol. The van der Waals surface area contributed by atoms with Gasteiger partial charge in [-0.2, -0.15) is 0 Å². The first-order valence-corrected chi connectivity index (χ1v) is 6.20. The van der Waals surface area contributed by atoms with Gasteiger partial charge < -0.3 is 15.8 Å². The number of amides is 1. The van der Waals surface area contributed by atoms with Crippen molar-refractivity contribution in [3.63, 3.8) is 0 Å². The molecule has 1 aromatic rings. The van der Waals surface area contributed by atoms with E-state index < -0.39 is 6.04 Å². The van der Waals surface area contributed by atoms with E-state index in [1.165, 1.54) is 0 Å². The van der Waals surface area contributed by atoms with Crippen molar-refractivity contribution >= 4 is 11.6 Å². The highest BCUT2D eigenvalue weighted by atomic mass is 16.5. The van der Waals surface area contributed by atoms with E-state index in [1.807, 2.05) is 32.9 Å². The van der Waals surface area contributed by atoms with Gasteiger partial charge in [0.15, 0.2) is 0 Å². The van der Waals surface area contributed by atoms with E-state index in [9.17, 15) is 4.79 Å². The molecule has 0 aliphatic rings. The van der Waals surface area contributed by atoms with Crippen LogP contribution in [0.2, 0.25) is 0 Å². The van der Waals surface area contributed by atoms with Crippen LogP contribution < -0.4 is 15.8 Å². The van der Waals surface area contributed by atoms with Crippen molar-refractivity contribution < 1.29 is 9.53 Å². The van der Waals surface area contributed by atoms with Gasteiger partial charge in [0.2, 0.25) is 5.91 Å². The minimum Gasteiger partial charge on any atom is -0.497 e. The maximum Gasteiger partial charge on any atom is 0.241 e. The number of ether oxygens (including phenoxy) is 1. The number of carbonyl (C=O) groups excluding carboxylic acids is 1. The molecule has 4 heteroatoms. The number of nitrogens with two attached hydrogens (primary N) is 1. The summed E-state index contributed by atoms with van der Waals surface area (Å²) in [4.78, 5) is 12.0. The lowest BCUT2D eigenvalue weighted by Gasteiger charge is -2.18. The molecule has 2 atom stereocenters. The zero-order chi connectivity index (χ0) is 13.7. The largest absolute Gasteiger partial charge is 0.497 e. The third kappa shape index (κ3) is 3.47. The average molecular weight is 250 g/mol. The van der Waals surface area contributed by atoms with Crippen molar-refractivity contribution in [1.29, 1.82) is 0 Å². The van der Waals surface area contributed by atoms with Crippen molar-refractivity contribution in [2.45, 2.75) is 33.2 Å². The van der Waals surface area contributed by atoms with Gasteiger partial charge in [-0.1, -0.05) is 26.3 Å². The zero-order valence-corrected chi connectivity index (χ0v) is 11.5. The molecule has 0 unspecified atom stereocenters. The lowest BCUT2D eigenvalue weighted by Crippen LogP contribution is -2.40. The fourth-order valence-corrected chi connectivity index (χ4v) is 1.59. The molecule has 4 nitrogen and oxygen atoms in total. The van der Waals surface area contributed by atoms with Crippen LogP contribution in [0.25, 0.3) is 0 Å². The van der Waals surface area contributed by atoms with Crippen LogP contribution in [-0.4, -0.2) is 19.1 Å². The average Bonchev–Trinajstić information content (AvgIpc) is 2.39. The van der Waals surface area contributed by atoms with E-state index in [2.05, 4.69) is 5.32 Å². The number of hydrogen-bond acceptors (Lipinski definition) is 3. The third-order valence-corrected chi connectivity index (χ3v) is 3.26. The third-order valence-electron chi connectivity index (χ3n) is 3.26. The van der Waals surface area contributed by atoms with Gasteiger partial charge in [-0.15, -0.1) is 0 Å². The first kappa shape index (κ1) is 14.5. The summed E-state index contributed by atoms with van der Waals surface area (Å²) in [6.45, 7) is 5.93. The standard InChI is InChI=1S/C14H22N2O2/c1-5-9(2)13(15)14(17)16-12-8-11(18-4)7-6-10(12)3/h6-9,13H,5,15H2,1-4H3,(H,16,17)/t9-,13-/m0/s1. The molecule has 100 valence electrons. The summed E-state index contributed by atoms with van der Waals surface area (Å²) >= 11 is 0. The van der Waals surface area contributed by atoms with Gasteiger partial charge in [-0.25, -0.2) is 0 Å². The number of benzene rings is 1. The molecule has 0 heterocycles. The van der Waals surface area contributed by atoms with Crippen molar-refractivity contribution in [3.8, 4) is 5.75 Å². The maximum absolute atomic E-state index is 12.0. The normalized spacial score (nSPS) is 13.8. The molecule has 1 rings (SSSR count). The fourth-order valence-electron chi connectivity index (χ4n) is 1.59. The first-order valence-electron chi connectivity index (χ1n) is 6.20. The molecule has 0 radical (unpaired) electrons. The Hall–Kier alpha value is -1.55. The second-order valence-corrected chi connectivity index (χ2v) is 4.58. The number of hydrogen-bond donors (Lipinski definition) is 2. The van der Waals surface area contributed by atoms with Crippen LogP contribution in [0.3, 0.4) is 0 Å². The van der Waals surface area contributed by atoms with Crippen molar-refractivity contribution in [3.05, 3.63) is 23.8 Å². The number of anilines is 1. The molecule has 0 fully saturated rings. The van der Waals surface area contributed by atoms with Crippen LogP contribution >= 0.6 is 0 Å². The molecule has 0 aliphatic carbocycles. The summed E-state index contributed by atoms with van der Waals surface area (Å²) < 4.78 is 5.14. The summed E-state index contributed by atoms with van der Waals surface area (Å²) in [5.74, 6) is 0.727. The Morgan fingerprint density at radius 1 is 1.50 bits per heavy atom. The zero-order valence-electron chi connectivity index (χ0n) is 11.5. The van der Waals surface area contributed by atoms with Gasteiger partial charge >= 0.3 is 0 Å². The minimum atomic E-state index is -0.486. The number of aryl methyl sites for hydroxylation is 1. The molecule has 0 aliphatic heterocycles. The smallest absolute Gasteiger partial charge is 0.241 e. The molecule has 1 amide bonds. The predicted octanol–water partition coefficient (Wildman–Crippen LogP) is 2.32. The van der Waals surface area contributed by atoms with Crippen LogP contribution in [0.5, 0.6) is 5.75 Å². The van der Waals surface area contributed by atoms with Gasteiger partial charge in [0.05, 0.1) is 13.2 Å². The fraction of sp³-hybridized carbons (Fsp3) is 0.500. The second kappa shape index (κ2) is 6.40. The maximum atomic E-state index is 12.0. The SMILES string of the molecule is CC[C@H](C)[C@H](N)C(=O)Nc1cc(OC)ccc1C. The van der Waals surface area contributed by atoms with E-state index in [0.717, 1.165) is 17.7 Å². The quantitative estimate of drug-likeness (QED) is 0.843. The topological polar surface area (TPSA) is 64.4 Å². The van der Waals surface area contributed by atoms with Gasteiger partial charge in [0.25, 0.3) is 0 Å². The second-order valence-electron chi connectivity index (χ2n) is 4.58. The Morgan fingerprint density at radius 2 is 2.17 bits per heavy atom. The predicted molar refractivity (Wildman–Crippen MR) is 73.8 cm³/mol. The molecular formula is C14H22N2O2. The van der Waals surface area contributed by atoms with Crippen LogP contribution in [0, 0.1) is 12.8 Å². The Kier molecular flexibility index (Phi) is 5.16. The minimum absolute atomic E-state index is 0.152. The number of methoxy groups -OCH3 is 1. The lowest BCUT2D eigenvalue weighted by molar-refractivity contribution is -0.118. The van der Waals surface area contributed by atoms with Crippen LogP contribution in [-0.2, 0) is 4.79 Å². The lowest BCUT2D eigenvalue weighted by atomic mass is 9.99. The van der Waals surface area contributed by atoms with Crippen molar-refractivity contribution in [2.24, 2.45) is 11.7 Å². The molecule has 1 aromatic carbocycles. The Morgan fingerprint density at radius 3 is 2.72 bits per heavy atom. The van der Waals surface area contributed by atoms with E-state index in [0.29, 0.717) is 5.75 Å². The highest BCUT2D eigenvalue weighted by Crippen LogP contribution is 2.22. The van der Waals surface area contributed by atoms with E-state index in [4.69, 9.17) is 10.5 Å². The van der Waals surface area contributed by atoms with E-state index in [1.54, 1.807) is 13.2 Å². The van der Waals surface area contributed by atoms with Gasteiger partial charge in [-0.05, 0) is 24.5 Å².